The van der Waals surface area contributed by atoms with Gasteiger partial charge in [-0.25, -0.2) is 0 Å². The zero-order chi connectivity index (χ0) is 43.6. The van der Waals surface area contributed by atoms with Gasteiger partial charge in [0.05, 0.1) is 31.5 Å². The van der Waals surface area contributed by atoms with Crippen LogP contribution in [0.15, 0.2) is 125 Å². The number of fused-ring (bicyclic) bond motifs is 3. The molecular weight excluding hydrogens is 813 g/mol. The molecule has 0 spiro atoms. The Labute approximate surface area is 376 Å². The lowest BCUT2D eigenvalue weighted by Crippen LogP contribution is -2.69. The molecule has 2 fully saturated rings. The number of carbonyl (C=O) groups excluding carboxylic acids is 1. The lowest BCUT2D eigenvalue weighted by molar-refractivity contribution is -0.252. The number of thioether (sulfide) groups is 1. The molecule has 0 bridgehead atoms. The van der Waals surface area contributed by atoms with E-state index in [0.29, 0.717) is 43.8 Å². The van der Waals surface area contributed by atoms with Crippen molar-refractivity contribution in [1.29, 1.82) is 0 Å². The molecule has 4 aliphatic rings. The lowest BCUT2D eigenvalue weighted by Gasteiger charge is -2.59. The fourth-order valence-corrected chi connectivity index (χ4v) is 11.0. The first kappa shape index (κ1) is 44.9. The Morgan fingerprint density at radius 2 is 1.75 bits per heavy atom. The van der Waals surface area contributed by atoms with E-state index in [-0.39, 0.29) is 43.5 Å². The number of benzene rings is 4. The highest BCUT2D eigenvalue weighted by atomic mass is 32.2. The number of aliphatic hydroxyl groups is 2. The van der Waals surface area contributed by atoms with Crippen LogP contribution in [0.5, 0.6) is 11.5 Å². The van der Waals surface area contributed by atoms with E-state index in [0.717, 1.165) is 84.1 Å². The van der Waals surface area contributed by atoms with Crippen LogP contribution in [0.1, 0.15) is 86.0 Å². The van der Waals surface area contributed by atoms with Crippen molar-refractivity contribution in [2.24, 2.45) is 22.9 Å². The smallest absolute Gasteiger partial charge is 0.254 e. The first-order valence-corrected chi connectivity index (χ1v) is 23.8. The second-order valence-electron chi connectivity index (χ2n) is 17.2. The predicted molar refractivity (Wildman–Crippen MR) is 248 cm³/mol. The zero-order valence-corrected chi connectivity index (χ0v) is 37.3. The van der Waals surface area contributed by atoms with Crippen molar-refractivity contribution in [3.8, 4) is 11.5 Å². The monoisotopic (exact) mass is 874 g/mol. The molecule has 0 aromatic heterocycles. The van der Waals surface area contributed by atoms with Crippen molar-refractivity contribution in [2.45, 2.75) is 93.1 Å². The number of hydrogen-bond acceptors (Lipinski definition) is 10. The van der Waals surface area contributed by atoms with E-state index in [2.05, 4.69) is 30.9 Å². The molecule has 334 valence electrons. The summed E-state index contributed by atoms with van der Waals surface area (Å²) in [6.07, 6.45) is 11.5. The highest BCUT2D eigenvalue weighted by Crippen LogP contribution is 2.62. The minimum atomic E-state index is -1.35. The number of ether oxygens (including phenoxy) is 4. The van der Waals surface area contributed by atoms with Gasteiger partial charge >= 0.3 is 0 Å². The van der Waals surface area contributed by atoms with Gasteiger partial charge in [0.2, 0.25) is 12.1 Å². The SMILES string of the molecule is C=CCO[C@@]12Oc3ccc(OCCSc4ccccc4)cc3[C@H]3[C@H](CCCCO)[C@@H](CCCCO)C=C(C(=NOC4CCCCO4)C[C@@H]1N(C)C(=O)c1ccc4ccccc4c1)[C@H]32. The summed E-state index contributed by atoms with van der Waals surface area (Å²) in [5, 5.41) is 26.9. The van der Waals surface area contributed by atoms with Crippen LogP contribution >= 0.6 is 11.8 Å². The molecule has 2 aliphatic carbocycles. The average Bonchev–Trinajstić information content (AvgIpc) is 3.32. The summed E-state index contributed by atoms with van der Waals surface area (Å²) in [6, 6.07) is 29.7. The zero-order valence-electron chi connectivity index (χ0n) is 36.4. The highest BCUT2D eigenvalue weighted by Gasteiger charge is 2.65. The molecule has 2 heterocycles. The third-order valence-corrected chi connectivity index (χ3v) is 14.2. The maximum atomic E-state index is 14.9. The topological polar surface area (TPSA) is 119 Å². The van der Waals surface area contributed by atoms with Gasteiger partial charge in [-0.1, -0.05) is 78.7 Å². The molecular formula is C52H62N2O8S. The maximum Gasteiger partial charge on any atom is 0.254 e. The number of rotatable bonds is 20. The number of likely N-dealkylation sites (N-methyl/N-ethyl adjacent to an activating group) is 1. The Bertz CT molecular complexity index is 2230. The van der Waals surface area contributed by atoms with Crippen molar-refractivity contribution in [3.05, 3.63) is 126 Å². The normalized spacial score (nSPS) is 25.6. The Hall–Kier alpha value is -4.65. The number of unbranched alkanes of at least 4 members (excludes halogenated alkanes) is 2. The van der Waals surface area contributed by atoms with Crippen LogP contribution in [-0.4, -0.2) is 90.7 Å². The van der Waals surface area contributed by atoms with Crippen molar-refractivity contribution in [3.63, 3.8) is 0 Å². The Morgan fingerprint density at radius 3 is 2.52 bits per heavy atom. The largest absolute Gasteiger partial charge is 0.493 e. The molecule has 1 unspecified atom stereocenters. The lowest BCUT2D eigenvalue weighted by atomic mass is 9.55. The number of oxime groups is 1. The molecule has 4 aromatic rings. The van der Waals surface area contributed by atoms with E-state index in [1.54, 1.807) is 22.7 Å². The summed E-state index contributed by atoms with van der Waals surface area (Å²) >= 11 is 1.76. The minimum absolute atomic E-state index is 0.103. The summed E-state index contributed by atoms with van der Waals surface area (Å²) in [5.74, 6) is 0.388. The van der Waals surface area contributed by atoms with Gasteiger partial charge in [-0.3, -0.25) is 4.79 Å². The summed E-state index contributed by atoms with van der Waals surface area (Å²) in [4.78, 5) is 24.2. The molecule has 4 aromatic carbocycles. The number of aliphatic hydroxyl groups excluding tert-OH is 2. The summed E-state index contributed by atoms with van der Waals surface area (Å²) < 4.78 is 27.0. The van der Waals surface area contributed by atoms with Gasteiger partial charge in [-0.2, -0.15) is 0 Å². The van der Waals surface area contributed by atoms with E-state index in [4.69, 9.17) is 28.9 Å². The predicted octanol–water partition coefficient (Wildman–Crippen LogP) is 9.94. The van der Waals surface area contributed by atoms with Gasteiger partial charge in [0.25, 0.3) is 5.91 Å². The van der Waals surface area contributed by atoms with Crippen molar-refractivity contribution in [1.82, 2.24) is 4.90 Å². The number of amides is 1. The fourth-order valence-electron chi connectivity index (χ4n) is 10.2. The van der Waals surface area contributed by atoms with Gasteiger partial charge < -0.3 is 38.9 Å². The van der Waals surface area contributed by atoms with Gasteiger partial charge in [0.1, 0.15) is 17.5 Å². The quantitative estimate of drug-likeness (QED) is 0.0387. The second-order valence-corrected chi connectivity index (χ2v) is 18.3. The minimum Gasteiger partial charge on any atom is -0.493 e. The van der Waals surface area contributed by atoms with Crippen LogP contribution in [0.4, 0.5) is 0 Å². The van der Waals surface area contributed by atoms with Gasteiger partial charge in [-0.15, -0.1) is 18.3 Å². The van der Waals surface area contributed by atoms with E-state index in [1.165, 1.54) is 4.90 Å². The maximum absolute atomic E-state index is 14.9. The molecule has 0 radical (unpaired) electrons. The van der Waals surface area contributed by atoms with E-state index < -0.39 is 24.0 Å². The molecule has 63 heavy (non-hydrogen) atoms. The van der Waals surface area contributed by atoms with Gasteiger partial charge in [0, 0.05) is 60.8 Å². The number of hydrogen-bond donors (Lipinski definition) is 2. The van der Waals surface area contributed by atoms with Crippen molar-refractivity contribution < 1.29 is 38.8 Å². The molecule has 11 heteroatoms. The number of nitrogens with zero attached hydrogens (tertiary/aromatic N) is 2. The second kappa shape index (κ2) is 21.4. The molecule has 2 aliphatic heterocycles. The Morgan fingerprint density at radius 1 is 0.952 bits per heavy atom. The number of carbonyl (C=O) groups is 1. The van der Waals surface area contributed by atoms with Crippen LogP contribution < -0.4 is 9.47 Å². The molecule has 8 rings (SSSR count). The van der Waals surface area contributed by atoms with E-state index >= 15 is 0 Å². The number of allylic oxidation sites excluding steroid dienone is 1. The first-order chi connectivity index (χ1) is 30.9. The fraction of sp³-hybridized carbons (Fsp3) is 0.462. The third-order valence-electron chi connectivity index (χ3n) is 13.2. The first-order valence-electron chi connectivity index (χ1n) is 22.9. The Kier molecular flexibility index (Phi) is 15.2. The van der Waals surface area contributed by atoms with Crippen LogP contribution in [0.25, 0.3) is 10.8 Å². The third kappa shape index (κ3) is 10.0. The molecule has 1 saturated carbocycles. The molecule has 7 atom stereocenters. The molecule has 10 nitrogen and oxygen atoms in total. The molecule has 1 amide bonds. The van der Waals surface area contributed by atoms with Crippen molar-refractivity contribution >= 4 is 34.2 Å². The van der Waals surface area contributed by atoms with Crippen LogP contribution in [0.2, 0.25) is 0 Å². The van der Waals surface area contributed by atoms with Gasteiger partial charge in [-0.05, 0) is 109 Å². The van der Waals surface area contributed by atoms with Gasteiger partial charge in [0.15, 0.2) is 0 Å². The van der Waals surface area contributed by atoms with Crippen LogP contribution in [-0.2, 0) is 14.3 Å². The van der Waals surface area contributed by atoms with Crippen LogP contribution in [0, 0.1) is 17.8 Å². The average molecular weight is 875 g/mol. The molecule has 2 N–H and O–H groups in total. The van der Waals surface area contributed by atoms with E-state index in [1.807, 2.05) is 79.8 Å². The van der Waals surface area contributed by atoms with Crippen molar-refractivity contribution in [2.75, 3.05) is 45.8 Å². The summed E-state index contributed by atoms with van der Waals surface area (Å²) in [5.41, 5.74) is 3.33. The standard InChI is InChI=1S/C52H62N2O8S/c1-3-28-60-52-47(54(2)51(57)39-23-22-36-15-7-8-16-37(36)32-39)35-45(53-62-48-21-11-14-29-59-48)43-33-38(17-9-12-26-55)42(20-10-13-27-56)49(50(43)52)44-34-40(24-25-46(44)61-52)58-30-31-63-41-18-5-4-6-19-41/h3-8,15-16,18-19,22-25,32-34,38,42,47-50,55-56H,1,9-14,17,20-21,26-31,35H2,2H3/t38-,42+,47-,48?,49+,50+,52+/m0/s1. The Balaban J connectivity index is 1.25. The highest BCUT2D eigenvalue weighted by molar-refractivity contribution is 7.99. The molecule has 1 saturated heterocycles. The summed E-state index contributed by atoms with van der Waals surface area (Å²) in [7, 11) is 1.84. The summed E-state index contributed by atoms with van der Waals surface area (Å²) in [6.45, 7) is 5.64. The van der Waals surface area contributed by atoms with E-state index in [9.17, 15) is 15.0 Å². The van der Waals surface area contributed by atoms with Crippen LogP contribution in [0.3, 0.4) is 0 Å².